The molecule has 0 aliphatic carbocycles. The maximum atomic E-state index is 12.0. The average Bonchev–Trinajstić information content (AvgIpc) is 2.59. The first kappa shape index (κ1) is 17.1. The van der Waals surface area contributed by atoms with E-state index in [0.29, 0.717) is 29.1 Å². The monoisotopic (exact) mass is 333 g/mol. The predicted molar refractivity (Wildman–Crippen MR) is 90.2 cm³/mol. The van der Waals surface area contributed by atoms with Crippen LogP contribution in [0.1, 0.15) is 13.3 Å². The van der Waals surface area contributed by atoms with Gasteiger partial charge in [-0.15, -0.1) is 0 Å². The Kier molecular flexibility index (Phi) is 6.68. The van der Waals surface area contributed by atoms with Gasteiger partial charge in [0.2, 0.25) is 11.8 Å². The van der Waals surface area contributed by atoms with E-state index in [1.54, 1.807) is 31.5 Å². The maximum absolute atomic E-state index is 12.0. The number of hydrogen-bond donors (Lipinski definition) is 1. The molecule has 23 heavy (non-hydrogen) atoms. The van der Waals surface area contributed by atoms with Gasteiger partial charge >= 0.3 is 0 Å². The zero-order chi connectivity index (χ0) is 16.5. The van der Waals surface area contributed by atoms with Crippen LogP contribution in [0.25, 0.3) is 0 Å². The van der Waals surface area contributed by atoms with Crippen LogP contribution in [0.5, 0.6) is 11.6 Å². The van der Waals surface area contributed by atoms with Gasteiger partial charge in [-0.2, -0.15) is 4.98 Å². The quantitative estimate of drug-likeness (QED) is 0.591. The molecule has 1 heterocycles. The Morgan fingerprint density at radius 2 is 2.13 bits per heavy atom. The number of anilines is 1. The van der Waals surface area contributed by atoms with Gasteiger partial charge in [-0.05, 0) is 18.6 Å². The number of rotatable bonds is 8. The van der Waals surface area contributed by atoms with Gasteiger partial charge in [0.05, 0.1) is 25.2 Å². The van der Waals surface area contributed by atoms with Gasteiger partial charge in [-0.3, -0.25) is 4.79 Å². The number of hydrogen-bond acceptors (Lipinski definition) is 6. The number of benzene rings is 1. The second-order valence-electron chi connectivity index (χ2n) is 4.56. The number of methoxy groups -OCH3 is 1. The van der Waals surface area contributed by atoms with Crippen LogP contribution in [0, 0.1) is 0 Å². The maximum Gasteiger partial charge on any atom is 0.234 e. The second kappa shape index (κ2) is 8.99. The lowest BCUT2D eigenvalue weighted by Gasteiger charge is -2.09. The average molecular weight is 333 g/mol. The second-order valence-corrected chi connectivity index (χ2v) is 5.51. The highest BCUT2D eigenvalue weighted by atomic mass is 32.2. The normalized spacial score (nSPS) is 10.2. The Balaban J connectivity index is 1.89. The standard InChI is InChI=1S/C16H19N3O3S/c1-3-10-22-15-8-9-17-16(19-15)23-11-14(20)18-12-6-4-5-7-13(12)21-2/h4-9H,3,10-11H2,1-2H3,(H,18,20). The summed E-state index contributed by atoms with van der Waals surface area (Å²) in [6, 6.07) is 8.97. The van der Waals surface area contributed by atoms with Crippen molar-refractivity contribution in [2.45, 2.75) is 18.5 Å². The summed E-state index contributed by atoms with van der Waals surface area (Å²) in [6.45, 7) is 2.63. The Bertz CT molecular complexity index is 652. The molecule has 7 heteroatoms. The predicted octanol–water partition coefficient (Wildman–Crippen LogP) is 3.00. The zero-order valence-electron chi connectivity index (χ0n) is 13.1. The molecule has 1 aromatic carbocycles. The molecule has 1 amide bonds. The molecule has 0 radical (unpaired) electrons. The highest BCUT2D eigenvalue weighted by Crippen LogP contribution is 2.23. The van der Waals surface area contributed by atoms with Crippen LogP contribution in [0.15, 0.2) is 41.7 Å². The van der Waals surface area contributed by atoms with E-state index in [1.165, 1.54) is 11.8 Å². The van der Waals surface area contributed by atoms with Crippen LogP contribution in [0.2, 0.25) is 0 Å². The van der Waals surface area contributed by atoms with Crippen LogP contribution in [-0.2, 0) is 4.79 Å². The number of nitrogens with one attached hydrogen (secondary N) is 1. The number of carbonyl (C=O) groups excluding carboxylic acids is 1. The van der Waals surface area contributed by atoms with E-state index in [9.17, 15) is 4.79 Å². The molecule has 6 nitrogen and oxygen atoms in total. The van der Waals surface area contributed by atoms with E-state index in [2.05, 4.69) is 15.3 Å². The van der Waals surface area contributed by atoms with E-state index >= 15 is 0 Å². The van der Waals surface area contributed by atoms with Crippen molar-refractivity contribution in [2.24, 2.45) is 0 Å². The first-order valence-corrected chi connectivity index (χ1v) is 8.23. The minimum atomic E-state index is -0.150. The number of amides is 1. The lowest BCUT2D eigenvalue weighted by Crippen LogP contribution is -2.15. The largest absolute Gasteiger partial charge is 0.495 e. The van der Waals surface area contributed by atoms with Crippen molar-refractivity contribution in [1.82, 2.24) is 9.97 Å². The molecule has 122 valence electrons. The van der Waals surface area contributed by atoms with Crippen molar-refractivity contribution in [3.8, 4) is 11.6 Å². The first-order chi connectivity index (χ1) is 11.2. The molecule has 0 aliphatic heterocycles. The van der Waals surface area contributed by atoms with E-state index < -0.39 is 0 Å². The van der Waals surface area contributed by atoms with Crippen molar-refractivity contribution in [1.29, 1.82) is 0 Å². The summed E-state index contributed by atoms with van der Waals surface area (Å²) in [6.07, 6.45) is 2.53. The lowest BCUT2D eigenvalue weighted by atomic mass is 10.3. The minimum absolute atomic E-state index is 0.150. The molecule has 1 aromatic heterocycles. The number of carbonyl (C=O) groups is 1. The van der Waals surface area contributed by atoms with Gasteiger partial charge in [-0.25, -0.2) is 4.98 Å². The molecule has 0 spiro atoms. The smallest absolute Gasteiger partial charge is 0.234 e. The summed E-state index contributed by atoms with van der Waals surface area (Å²) in [7, 11) is 1.56. The number of aromatic nitrogens is 2. The fourth-order valence-corrected chi connectivity index (χ4v) is 2.37. The highest BCUT2D eigenvalue weighted by Gasteiger charge is 2.09. The Labute approximate surface area is 139 Å². The SMILES string of the molecule is CCCOc1ccnc(SCC(=O)Nc2ccccc2OC)n1. The van der Waals surface area contributed by atoms with Crippen molar-refractivity contribution >= 4 is 23.4 Å². The summed E-state index contributed by atoms with van der Waals surface area (Å²) >= 11 is 1.25. The van der Waals surface area contributed by atoms with Gasteiger partial charge in [0.1, 0.15) is 5.75 Å². The van der Waals surface area contributed by atoms with Crippen LogP contribution in [0.3, 0.4) is 0 Å². The van der Waals surface area contributed by atoms with E-state index in [4.69, 9.17) is 9.47 Å². The molecular weight excluding hydrogens is 314 g/mol. The molecule has 0 aliphatic rings. The van der Waals surface area contributed by atoms with Crippen LogP contribution < -0.4 is 14.8 Å². The van der Waals surface area contributed by atoms with E-state index in [0.717, 1.165) is 6.42 Å². The summed E-state index contributed by atoms with van der Waals surface area (Å²) in [4.78, 5) is 20.4. The van der Waals surface area contributed by atoms with Crippen LogP contribution in [-0.4, -0.2) is 35.3 Å². The third kappa shape index (κ3) is 5.45. The summed E-state index contributed by atoms with van der Waals surface area (Å²) in [5.74, 6) is 1.20. The zero-order valence-corrected chi connectivity index (χ0v) is 13.9. The van der Waals surface area contributed by atoms with Gasteiger partial charge in [0, 0.05) is 12.3 Å². The Morgan fingerprint density at radius 3 is 2.91 bits per heavy atom. The summed E-state index contributed by atoms with van der Waals surface area (Å²) in [5.41, 5.74) is 0.640. The molecule has 0 saturated carbocycles. The third-order valence-corrected chi connectivity index (χ3v) is 3.64. The van der Waals surface area contributed by atoms with Gasteiger partial charge in [0.25, 0.3) is 0 Å². The lowest BCUT2D eigenvalue weighted by molar-refractivity contribution is -0.113. The van der Waals surface area contributed by atoms with Crippen LogP contribution >= 0.6 is 11.8 Å². The van der Waals surface area contributed by atoms with Crippen molar-refractivity contribution in [2.75, 3.05) is 24.8 Å². The van der Waals surface area contributed by atoms with E-state index in [1.807, 2.05) is 19.1 Å². The number of nitrogens with zero attached hydrogens (tertiary/aromatic N) is 2. The molecule has 0 bridgehead atoms. The summed E-state index contributed by atoms with van der Waals surface area (Å²) < 4.78 is 10.6. The Morgan fingerprint density at radius 1 is 1.30 bits per heavy atom. The van der Waals surface area contributed by atoms with Crippen molar-refractivity contribution in [3.05, 3.63) is 36.5 Å². The highest BCUT2D eigenvalue weighted by molar-refractivity contribution is 7.99. The number of thioether (sulfide) groups is 1. The molecule has 1 N–H and O–H groups in total. The molecule has 0 saturated heterocycles. The molecule has 0 fully saturated rings. The molecule has 2 rings (SSSR count). The topological polar surface area (TPSA) is 73.3 Å². The fourth-order valence-electron chi connectivity index (χ4n) is 1.75. The first-order valence-electron chi connectivity index (χ1n) is 7.24. The third-order valence-electron chi connectivity index (χ3n) is 2.78. The van der Waals surface area contributed by atoms with Crippen molar-refractivity contribution < 1.29 is 14.3 Å². The van der Waals surface area contributed by atoms with E-state index in [-0.39, 0.29) is 11.7 Å². The molecule has 2 aromatic rings. The van der Waals surface area contributed by atoms with Gasteiger partial charge < -0.3 is 14.8 Å². The van der Waals surface area contributed by atoms with Gasteiger partial charge in [0.15, 0.2) is 5.16 Å². The molecular formula is C16H19N3O3S. The minimum Gasteiger partial charge on any atom is -0.495 e. The molecule has 0 unspecified atom stereocenters. The number of para-hydroxylation sites is 2. The van der Waals surface area contributed by atoms with Crippen molar-refractivity contribution in [3.63, 3.8) is 0 Å². The van der Waals surface area contributed by atoms with Gasteiger partial charge in [-0.1, -0.05) is 30.8 Å². The summed E-state index contributed by atoms with van der Waals surface area (Å²) in [5, 5.41) is 3.32. The number of ether oxygens (including phenoxy) is 2. The fraction of sp³-hybridized carbons (Fsp3) is 0.312. The Hall–Kier alpha value is -2.28. The van der Waals surface area contributed by atoms with Crippen LogP contribution in [0.4, 0.5) is 5.69 Å². The molecule has 0 atom stereocenters.